The van der Waals surface area contributed by atoms with Crippen LogP contribution in [-0.4, -0.2) is 17.0 Å². The van der Waals surface area contributed by atoms with Crippen LogP contribution in [0, 0.1) is 6.92 Å². The Kier molecular flexibility index (Phi) is 3.89. The minimum Gasteiger partial charge on any atom is -0.478 e. The molecule has 1 amide bonds. The summed E-state index contributed by atoms with van der Waals surface area (Å²) < 4.78 is 5.19. The van der Waals surface area contributed by atoms with Crippen molar-refractivity contribution in [2.45, 2.75) is 20.3 Å². The zero-order valence-corrected chi connectivity index (χ0v) is 11.3. The number of aromatic carboxylic acids is 1. The van der Waals surface area contributed by atoms with Gasteiger partial charge >= 0.3 is 5.97 Å². The fourth-order valence-electron chi connectivity index (χ4n) is 1.95. The Hall–Kier alpha value is -2.56. The second-order valence-electron chi connectivity index (χ2n) is 4.42. The molecule has 0 saturated carbocycles. The van der Waals surface area contributed by atoms with E-state index in [1.165, 1.54) is 12.3 Å². The van der Waals surface area contributed by atoms with Crippen LogP contribution in [0.5, 0.6) is 0 Å². The molecule has 0 radical (unpaired) electrons. The smallest absolute Gasteiger partial charge is 0.337 e. The lowest BCUT2D eigenvalue weighted by molar-refractivity contribution is 0.0698. The lowest BCUT2D eigenvalue weighted by Crippen LogP contribution is -2.15. The Morgan fingerprint density at radius 3 is 2.65 bits per heavy atom. The van der Waals surface area contributed by atoms with Crippen molar-refractivity contribution in [2.75, 3.05) is 5.32 Å². The van der Waals surface area contributed by atoms with Gasteiger partial charge in [0.15, 0.2) is 0 Å². The molecule has 104 valence electrons. The zero-order chi connectivity index (χ0) is 14.7. The van der Waals surface area contributed by atoms with Crippen LogP contribution in [0.4, 0.5) is 5.69 Å². The van der Waals surface area contributed by atoms with Gasteiger partial charge in [0.2, 0.25) is 0 Å². The van der Waals surface area contributed by atoms with E-state index in [1.54, 1.807) is 25.1 Å². The number of benzene rings is 1. The fraction of sp³-hybridized carbons (Fsp3) is 0.200. The number of anilines is 1. The minimum absolute atomic E-state index is 0.0693. The van der Waals surface area contributed by atoms with Gasteiger partial charge < -0.3 is 14.8 Å². The molecule has 1 aromatic carbocycles. The molecule has 5 nitrogen and oxygen atoms in total. The maximum absolute atomic E-state index is 12.2. The van der Waals surface area contributed by atoms with E-state index in [4.69, 9.17) is 9.52 Å². The largest absolute Gasteiger partial charge is 0.478 e. The second kappa shape index (κ2) is 5.61. The van der Waals surface area contributed by atoms with Crippen LogP contribution in [0.2, 0.25) is 0 Å². The molecule has 5 heteroatoms. The van der Waals surface area contributed by atoms with Gasteiger partial charge in [-0.25, -0.2) is 4.79 Å². The molecule has 0 atom stereocenters. The number of furan rings is 1. The minimum atomic E-state index is -1.08. The monoisotopic (exact) mass is 273 g/mol. The first-order chi connectivity index (χ1) is 9.52. The number of hydrogen-bond acceptors (Lipinski definition) is 3. The number of carboxylic acids is 1. The molecule has 0 aliphatic rings. The molecular weight excluding hydrogens is 258 g/mol. The molecule has 0 saturated heterocycles. The van der Waals surface area contributed by atoms with Crippen LogP contribution in [0.15, 0.2) is 34.9 Å². The van der Waals surface area contributed by atoms with Crippen molar-refractivity contribution in [1.29, 1.82) is 0 Å². The predicted molar refractivity (Wildman–Crippen MR) is 74.2 cm³/mol. The van der Waals surface area contributed by atoms with E-state index in [-0.39, 0.29) is 17.2 Å². The molecule has 0 aliphatic heterocycles. The molecule has 20 heavy (non-hydrogen) atoms. The van der Waals surface area contributed by atoms with Gasteiger partial charge in [-0.05, 0) is 25.1 Å². The van der Waals surface area contributed by atoms with Gasteiger partial charge in [-0.15, -0.1) is 0 Å². The van der Waals surface area contributed by atoms with E-state index >= 15 is 0 Å². The highest BCUT2D eigenvalue weighted by Gasteiger charge is 2.17. The van der Waals surface area contributed by atoms with Crippen molar-refractivity contribution in [2.24, 2.45) is 0 Å². The zero-order valence-electron chi connectivity index (χ0n) is 11.3. The third-order valence-corrected chi connectivity index (χ3v) is 2.96. The van der Waals surface area contributed by atoms with E-state index in [9.17, 15) is 9.59 Å². The van der Waals surface area contributed by atoms with Crippen LogP contribution in [0.3, 0.4) is 0 Å². The van der Waals surface area contributed by atoms with Crippen LogP contribution < -0.4 is 5.32 Å². The first kappa shape index (κ1) is 13.9. The Balaban J connectivity index is 2.31. The van der Waals surface area contributed by atoms with Gasteiger partial charge in [-0.3, -0.25) is 4.79 Å². The van der Waals surface area contributed by atoms with Gasteiger partial charge in [-0.2, -0.15) is 0 Å². The summed E-state index contributed by atoms with van der Waals surface area (Å²) in [5.41, 5.74) is 1.58. The summed E-state index contributed by atoms with van der Waals surface area (Å²) in [6.07, 6.45) is 2.04. The Morgan fingerprint density at radius 2 is 2.00 bits per heavy atom. The number of rotatable bonds is 4. The molecule has 0 aliphatic carbocycles. The highest BCUT2D eigenvalue weighted by molar-refractivity contribution is 6.08. The van der Waals surface area contributed by atoms with E-state index in [0.717, 1.165) is 5.56 Å². The van der Waals surface area contributed by atoms with Gasteiger partial charge in [0.05, 0.1) is 23.1 Å². The topological polar surface area (TPSA) is 79.5 Å². The van der Waals surface area contributed by atoms with Crippen LogP contribution in [0.25, 0.3) is 0 Å². The number of nitrogens with one attached hydrogen (secondary N) is 1. The average molecular weight is 273 g/mol. The van der Waals surface area contributed by atoms with Crippen molar-refractivity contribution in [3.8, 4) is 0 Å². The molecule has 2 N–H and O–H groups in total. The van der Waals surface area contributed by atoms with Crippen LogP contribution in [-0.2, 0) is 6.42 Å². The maximum Gasteiger partial charge on any atom is 0.337 e. The van der Waals surface area contributed by atoms with Crippen molar-refractivity contribution < 1.29 is 19.1 Å². The van der Waals surface area contributed by atoms with Crippen molar-refractivity contribution in [3.05, 3.63) is 53.0 Å². The highest BCUT2D eigenvalue weighted by atomic mass is 16.4. The third kappa shape index (κ3) is 2.71. The average Bonchev–Trinajstić information content (AvgIpc) is 2.89. The highest BCUT2D eigenvalue weighted by Crippen LogP contribution is 2.20. The van der Waals surface area contributed by atoms with Crippen LogP contribution in [0.1, 0.15) is 39.0 Å². The Morgan fingerprint density at radius 1 is 1.25 bits per heavy atom. The van der Waals surface area contributed by atoms with Gasteiger partial charge in [0, 0.05) is 6.42 Å². The first-order valence-corrected chi connectivity index (χ1v) is 6.24. The molecule has 2 rings (SSSR count). The van der Waals surface area contributed by atoms with E-state index in [1.807, 2.05) is 6.92 Å². The number of aryl methyl sites for hydroxylation is 2. The molecular formula is C15H15NO4. The maximum atomic E-state index is 12.2. The molecule has 1 aromatic heterocycles. The van der Waals surface area contributed by atoms with Crippen LogP contribution >= 0.6 is 0 Å². The molecule has 0 bridgehead atoms. The van der Waals surface area contributed by atoms with E-state index in [0.29, 0.717) is 17.7 Å². The molecule has 2 aromatic rings. The summed E-state index contributed by atoms with van der Waals surface area (Å²) >= 11 is 0. The standard InChI is InChI=1S/C15H15NO4/c1-3-13-10(6-7-20-13)14(17)16-12-5-4-9(2)8-11(12)15(18)19/h4-8H,3H2,1-2H3,(H,16,17)(H,18,19). The number of hydrogen-bond donors (Lipinski definition) is 2. The summed E-state index contributed by atoms with van der Waals surface area (Å²) in [4.78, 5) is 23.3. The lowest BCUT2D eigenvalue weighted by Gasteiger charge is -2.09. The van der Waals surface area contributed by atoms with Crippen molar-refractivity contribution in [3.63, 3.8) is 0 Å². The quantitative estimate of drug-likeness (QED) is 0.897. The van der Waals surface area contributed by atoms with Gasteiger partial charge in [-0.1, -0.05) is 18.6 Å². The molecule has 0 unspecified atom stereocenters. The third-order valence-electron chi connectivity index (χ3n) is 2.96. The normalized spacial score (nSPS) is 10.3. The number of carbonyl (C=O) groups excluding carboxylic acids is 1. The summed E-state index contributed by atoms with van der Waals surface area (Å²) in [5, 5.41) is 11.8. The summed E-state index contributed by atoms with van der Waals surface area (Å²) in [5.74, 6) is -0.875. The van der Waals surface area contributed by atoms with E-state index in [2.05, 4.69) is 5.32 Å². The number of carbonyl (C=O) groups is 2. The first-order valence-electron chi connectivity index (χ1n) is 6.24. The van der Waals surface area contributed by atoms with Crippen molar-refractivity contribution >= 4 is 17.6 Å². The molecule has 0 spiro atoms. The summed E-state index contributed by atoms with van der Waals surface area (Å²) in [6.45, 7) is 3.67. The summed E-state index contributed by atoms with van der Waals surface area (Å²) in [7, 11) is 0. The number of carboxylic acid groups (broad SMARTS) is 1. The van der Waals surface area contributed by atoms with Crippen molar-refractivity contribution in [1.82, 2.24) is 0 Å². The van der Waals surface area contributed by atoms with Gasteiger partial charge in [0.1, 0.15) is 5.76 Å². The Bertz CT molecular complexity index is 658. The second-order valence-corrected chi connectivity index (χ2v) is 4.42. The molecule has 0 fully saturated rings. The molecule has 1 heterocycles. The predicted octanol–water partition coefficient (Wildman–Crippen LogP) is 3.10. The fourth-order valence-corrected chi connectivity index (χ4v) is 1.95. The Labute approximate surface area is 116 Å². The summed E-state index contributed by atoms with van der Waals surface area (Å²) in [6, 6.07) is 6.43. The lowest BCUT2D eigenvalue weighted by atomic mass is 10.1. The van der Waals surface area contributed by atoms with E-state index < -0.39 is 5.97 Å². The number of amides is 1. The SMILES string of the molecule is CCc1occc1C(=O)Nc1ccc(C)cc1C(=O)O. The van der Waals surface area contributed by atoms with Gasteiger partial charge in [0.25, 0.3) is 5.91 Å².